The Hall–Kier alpha value is -3.02. The van der Waals surface area contributed by atoms with Crippen molar-refractivity contribution in [3.63, 3.8) is 0 Å². The first-order chi connectivity index (χ1) is 11.1. The molecule has 4 aromatic rings. The molecule has 0 bridgehead atoms. The Morgan fingerprint density at radius 3 is 2.78 bits per heavy atom. The Bertz CT molecular complexity index is 1010. The van der Waals surface area contributed by atoms with Gasteiger partial charge in [-0.05, 0) is 30.2 Å². The molecule has 0 spiro atoms. The normalized spacial score (nSPS) is 11.3. The summed E-state index contributed by atoms with van der Waals surface area (Å²) in [7, 11) is 1.85. The second-order valence-electron chi connectivity index (χ2n) is 5.51. The quantitative estimate of drug-likeness (QED) is 0.617. The zero-order chi connectivity index (χ0) is 16.0. The molecule has 4 rings (SSSR count). The molecule has 3 heterocycles. The lowest BCUT2D eigenvalue weighted by Gasteiger charge is -2.04. The van der Waals surface area contributed by atoms with Crippen LogP contribution in [0.4, 0.5) is 4.39 Å². The summed E-state index contributed by atoms with van der Waals surface area (Å²) in [6.07, 6.45) is 5.30. The van der Waals surface area contributed by atoms with E-state index < -0.39 is 0 Å². The first kappa shape index (κ1) is 13.6. The van der Waals surface area contributed by atoms with E-state index in [9.17, 15) is 4.39 Å². The number of hydrogen-bond acceptors (Lipinski definition) is 3. The number of aromatic nitrogens is 5. The fourth-order valence-electron chi connectivity index (χ4n) is 2.59. The molecule has 3 aromatic heterocycles. The van der Waals surface area contributed by atoms with Gasteiger partial charge >= 0.3 is 0 Å². The van der Waals surface area contributed by atoms with Gasteiger partial charge in [0.1, 0.15) is 11.6 Å². The number of aryl methyl sites for hydroxylation is 2. The van der Waals surface area contributed by atoms with Crippen molar-refractivity contribution in [2.45, 2.75) is 6.92 Å². The number of nitrogens with one attached hydrogen (secondary N) is 1. The lowest BCUT2D eigenvalue weighted by atomic mass is 10.0. The summed E-state index contributed by atoms with van der Waals surface area (Å²) in [5.41, 5.74) is 4.56. The minimum Gasteiger partial charge on any atom is -0.336 e. The molecular formula is C17H14FN5. The summed E-state index contributed by atoms with van der Waals surface area (Å²) in [6, 6.07) is 7.07. The average Bonchev–Trinajstić information content (AvgIpc) is 3.15. The van der Waals surface area contributed by atoms with Crippen molar-refractivity contribution in [1.82, 2.24) is 24.7 Å². The van der Waals surface area contributed by atoms with Crippen LogP contribution in [0.3, 0.4) is 0 Å². The van der Waals surface area contributed by atoms with Gasteiger partial charge in [-0.2, -0.15) is 5.10 Å². The van der Waals surface area contributed by atoms with Gasteiger partial charge in [-0.1, -0.05) is 12.1 Å². The van der Waals surface area contributed by atoms with Crippen molar-refractivity contribution in [2.75, 3.05) is 0 Å². The molecule has 0 saturated heterocycles. The van der Waals surface area contributed by atoms with E-state index in [0.717, 1.165) is 22.2 Å². The number of rotatable bonds is 2. The molecule has 0 unspecified atom stereocenters. The summed E-state index contributed by atoms with van der Waals surface area (Å²) in [6.45, 7) is 1.75. The molecule has 0 aliphatic carbocycles. The highest BCUT2D eigenvalue weighted by molar-refractivity contribution is 5.91. The van der Waals surface area contributed by atoms with Crippen LogP contribution in [0.25, 0.3) is 33.7 Å². The topological polar surface area (TPSA) is 59.4 Å². The van der Waals surface area contributed by atoms with Crippen molar-refractivity contribution >= 4 is 11.2 Å². The van der Waals surface area contributed by atoms with Crippen LogP contribution in [0.1, 0.15) is 5.56 Å². The summed E-state index contributed by atoms with van der Waals surface area (Å²) < 4.78 is 15.6. The standard InChI is InChI=1S/C17H14FN5/c1-10-3-4-11(7-14(10)18)13-5-6-19-17-15(13)21-16(22-17)12-8-20-23(2)9-12/h3-9H,1-2H3,(H,19,21,22). The van der Waals surface area contributed by atoms with Gasteiger partial charge in [0, 0.05) is 25.0 Å². The Balaban J connectivity index is 1.90. The molecule has 0 aliphatic heterocycles. The third kappa shape index (κ3) is 2.28. The minimum atomic E-state index is -0.223. The summed E-state index contributed by atoms with van der Waals surface area (Å²) in [5, 5.41) is 4.15. The first-order valence-electron chi connectivity index (χ1n) is 7.22. The lowest BCUT2D eigenvalue weighted by molar-refractivity contribution is 0.619. The van der Waals surface area contributed by atoms with E-state index in [1.54, 1.807) is 30.1 Å². The molecule has 23 heavy (non-hydrogen) atoms. The zero-order valence-electron chi connectivity index (χ0n) is 12.7. The molecule has 0 saturated carbocycles. The van der Waals surface area contributed by atoms with Crippen LogP contribution in [-0.2, 0) is 7.05 Å². The molecular weight excluding hydrogens is 293 g/mol. The van der Waals surface area contributed by atoms with E-state index >= 15 is 0 Å². The summed E-state index contributed by atoms with van der Waals surface area (Å²) in [5.74, 6) is 0.472. The highest BCUT2D eigenvalue weighted by Crippen LogP contribution is 2.29. The number of pyridine rings is 1. The molecule has 0 atom stereocenters. The second kappa shape index (κ2) is 5.01. The molecule has 1 N–H and O–H groups in total. The third-order valence-electron chi connectivity index (χ3n) is 3.85. The molecule has 114 valence electrons. The molecule has 5 nitrogen and oxygen atoms in total. The number of nitrogens with zero attached hydrogens (tertiary/aromatic N) is 4. The predicted molar refractivity (Wildman–Crippen MR) is 86.2 cm³/mol. The van der Waals surface area contributed by atoms with Gasteiger partial charge in [-0.15, -0.1) is 0 Å². The number of H-pyrrole nitrogens is 1. The van der Waals surface area contributed by atoms with Gasteiger partial charge in [-0.3, -0.25) is 4.68 Å². The van der Waals surface area contributed by atoms with Crippen molar-refractivity contribution in [3.05, 3.63) is 54.2 Å². The van der Waals surface area contributed by atoms with Gasteiger partial charge in [0.25, 0.3) is 0 Å². The second-order valence-corrected chi connectivity index (χ2v) is 5.51. The van der Waals surface area contributed by atoms with Gasteiger partial charge < -0.3 is 4.98 Å². The molecule has 6 heteroatoms. The number of fused-ring (bicyclic) bond motifs is 1. The van der Waals surface area contributed by atoms with Crippen LogP contribution in [0, 0.1) is 12.7 Å². The maximum atomic E-state index is 13.9. The highest BCUT2D eigenvalue weighted by Gasteiger charge is 2.13. The summed E-state index contributed by atoms with van der Waals surface area (Å²) in [4.78, 5) is 12.1. The van der Waals surface area contributed by atoms with Crippen molar-refractivity contribution in [1.29, 1.82) is 0 Å². The third-order valence-corrected chi connectivity index (χ3v) is 3.85. The van der Waals surface area contributed by atoms with Crippen molar-refractivity contribution < 1.29 is 4.39 Å². The molecule has 0 fully saturated rings. The van der Waals surface area contributed by atoms with Crippen LogP contribution in [-0.4, -0.2) is 24.7 Å². The Kier molecular flexibility index (Phi) is 2.97. The van der Waals surface area contributed by atoms with Gasteiger partial charge in [-0.25, -0.2) is 14.4 Å². The lowest BCUT2D eigenvalue weighted by Crippen LogP contribution is -1.87. The Morgan fingerprint density at radius 2 is 2.04 bits per heavy atom. The van der Waals surface area contributed by atoms with E-state index in [4.69, 9.17) is 0 Å². The SMILES string of the molecule is Cc1ccc(-c2ccnc3nc(-c4cnn(C)c4)[nH]c23)cc1F. The van der Waals surface area contributed by atoms with Gasteiger partial charge in [0.15, 0.2) is 5.65 Å². The van der Waals surface area contributed by atoms with Crippen LogP contribution >= 0.6 is 0 Å². The van der Waals surface area contributed by atoms with E-state index in [0.29, 0.717) is 17.0 Å². The number of imidazole rings is 1. The monoisotopic (exact) mass is 307 g/mol. The smallest absolute Gasteiger partial charge is 0.178 e. The highest BCUT2D eigenvalue weighted by atomic mass is 19.1. The first-order valence-corrected chi connectivity index (χ1v) is 7.22. The van der Waals surface area contributed by atoms with Crippen molar-refractivity contribution in [2.24, 2.45) is 7.05 Å². The number of aromatic amines is 1. The molecule has 0 amide bonds. The van der Waals surface area contributed by atoms with Crippen LogP contribution in [0.5, 0.6) is 0 Å². The Morgan fingerprint density at radius 1 is 1.17 bits per heavy atom. The van der Waals surface area contributed by atoms with E-state index in [1.165, 1.54) is 6.07 Å². The number of benzene rings is 1. The van der Waals surface area contributed by atoms with E-state index in [-0.39, 0.29) is 5.82 Å². The molecule has 0 radical (unpaired) electrons. The largest absolute Gasteiger partial charge is 0.336 e. The number of hydrogen-bond donors (Lipinski definition) is 1. The van der Waals surface area contributed by atoms with Crippen LogP contribution < -0.4 is 0 Å². The van der Waals surface area contributed by atoms with E-state index in [2.05, 4.69) is 20.1 Å². The van der Waals surface area contributed by atoms with Gasteiger partial charge in [0.2, 0.25) is 0 Å². The fourth-order valence-corrected chi connectivity index (χ4v) is 2.59. The predicted octanol–water partition coefficient (Wildman–Crippen LogP) is 3.47. The van der Waals surface area contributed by atoms with Crippen LogP contribution in [0.2, 0.25) is 0 Å². The maximum absolute atomic E-state index is 13.9. The molecule has 0 aliphatic rings. The van der Waals surface area contributed by atoms with Crippen molar-refractivity contribution in [3.8, 4) is 22.5 Å². The minimum absolute atomic E-state index is 0.223. The van der Waals surface area contributed by atoms with E-state index in [1.807, 2.05) is 25.4 Å². The van der Waals surface area contributed by atoms with Crippen LogP contribution in [0.15, 0.2) is 42.9 Å². The zero-order valence-corrected chi connectivity index (χ0v) is 12.7. The maximum Gasteiger partial charge on any atom is 0.178 e. The molecule has 1 aromatic carbocycles. The Labute approximate surface area is 131 Å². The summed E-state index contributed by atoms with van der Waals surface area (Å²) >= 11 is 0. The average molecular weight is 307 g/mol. The fraction of sp³-hybridized carbons (Fsp3) is 0.118. The van der Waals surface area contributed by atoms with Gasteiger partial charge in [0.05, 0.1) is 17.3 Å². The number of halogens is 1.